The summed E-state index contributed by atoms with van der Waals surface area (Å²) in [6.07, 6.45) is 0.438. The molecule has 0 saturated heterocycles. The van der Waals surface area contributed by atoms with Crippen molar-refractivity contribution in [1.82, 2.24) is 4.72 Å². The molecule has 0 amide bonds. The summed E-state index contributed by atoms with van der Waals surface area (Å²) < 4.78 is 66.8. The predicted molar refractivity (Wildman–Crippen MR) is 78.3 cm³/mol. The number of alkyl halides is 1. The Hall–Kier alpha value is -0.600. The van der Waals surface area contributed by atoms with E-state index in [4.69, 9.17) is 0 Å². The van der Waals surface area contributed by atoms with Gasteiger partial charge in [0, 0.05) is 23.5 Å². The zero-order chi connectivity index (χ0) is 16.4. The molecule has 0 aliphatic rings. The van der Waals surface area contributed by atoms with Crippen LogP contribution in [0, 0.1) is 22.9 Å². The Bertz CT molecular complexity index is 591. The third-order valence-corrected chi connectivity index (χ3v) is 4.95. The van der Waals surface area contributed by atoms with E-state index in [1.54, 1.807) is 20.8 Å². The van der Waals surface area contributed by atoms with Crippen LogP contribution in [-0.2, 0) is 10.0 Å². The highest BCUT2D eigenvalue weighted by atomic mass is 79.9. The van der Waals surface area contributed by atoms with Gasteiger partial charge in [-0.1, -0.05) is 36.7 Å². The van der Waals surface area contributed by atoms with Crippen LogP contribution in [0.5, 0.6) is 0 Å². The third-order valence-electron chi connectivity index (χ3n) is 2.97. The van der Waals surface area contributed by atoms with Crippen LogP contribution in [-0.4, -0.2) is 19.8 Å². The molecule has 0 aliphatic heterocycles. The van der Waals surface area contributed by atoms with Gasteiger partial charge in [-0.05, 0) is 11.8 Å². The van der Waals surface area contributed by atoms with Gasteiger partial charge in [-0.3, -0.25) is 0 Å². The van der Waals surface area contributed by atoms with Crippen molar-refractivity contribution in [2.24, 2.45) is 5.41 Å². The molecule has 3 nitrogen and oxygen atoms in total. The second kappa shape index (κ2) is 6.66. The second-order valence-electron chi connectivity index (χ2n) is 5.72. The average molecular weight is 388 g/mol. The SMILES string of the molecule is CC(C)(C)C(CCBr)NS(=O)(=O)c1c(F)cc(F)cc1F. The number of hydrogen-bond donors (Lipinski definition) is 1. The number of rotatable bonds is 5. The number of hydrogen-bond acceptors (Lipinski definition) is 2. The maximum atomic E-state index is 13.6. The minimum Gasteiger partial charge on any atom is -0.207 e. The summed E-state index contributed by atoms with van der Waals surface area (Å²) in [4.78, 5) is -1.16. The van der Waals surface area contributed by atoms with Crippen molar-refractivity contribution in [3.8, 4) is 0 Å². The van der Waals surface area contributed by atoms with E-state index in [1.165, 1.54) is 0 Å². The van der Waals surface area contributed by atoms with E-state index in [-0.39, 0.29) is 0 Å². The summed E-state index contributed by atoms with van der Waals surface area (Å²) in [5, 5.41) is 0.520. The topological polar surface area (TPSA) is 46.2 Å². The van der Waals surface area contributed by atoms with Gasteiger partial charge in [0.25, 0.3) is 0 Å². The van der Waals surface area contributed by atoms with E-state index in [0.29, 0.717) is 23.9 Å². The Morgan fingerprint density at radius 2 is 1.67 bits per heavy atom. The summed E-state index contributed by atoms with van der Waals surface area (Å²) in [5.74, 6) is -4.07. The first kappa shape index (κ1) is 18.4. The molecule has 0 radical (unpaired) electrons. The van der Waals surface area contributed by atoms with E-state index in [9.17, 15) is 21.6 Å². The van der Waals surface area contributed by atoms with Crippen molar-refractivity contribution in [2.75, 3.05) is 5.33 Å². The van der Waals surface area contributed by atoms with Gasteiger partial charge < -0.3 is 0 Å². The van der Waals surface area contributed by atoms with Gasteiger partial charge in [-0.2, -0.15) is 0 Å². The van der Waals surface area contributed by atoms with Crippen molar-refractivity contribution in [3.05, 3.63) is 29.6 Å². The zero-order valence-electron chi connectivity index (χ0n) is 11.9. The van der Waals surface area contributed by atoms with Crippen LogP contribution >= 0.6 is 15.9 Å². The Labute approximate surface area is 131 Å². The van der Waals surface area contributed by atoms with Crippen LogP contribution in [0.1, 0.15) is 27.2 Å². The van der Waals surface area contributed by atoms with Gasteiger partial charge in [-0.25, -0.2) is 26.3 Å². The molecule has 0 bridgehead atoms. The molecule has 1 aromatic rings. The van der Waals surface area contributed by atoms with Crippen molar-refractivity contribution in [2.45, 2.75) is 38.1 Å². The first-order valence-corrected chi connectivity index (χ1v) is 8.82. The summed E-state index contributed by atoms with van der Waals surface area (Å²) >= 11 is 3.21. The largest absolute Gasteiger partial charge is 0.246 e. The molecule has 21 heavy (non-hydrogen) atoms. The lowest BCUT2D eigenvalue weighted by Gasteiger charge is -2.31. The molecule has 1 aromatic carbocycles. The molecule has 120 valence electrons. The molecule has 0 fully saturated rings. The molecule has 0 aromatic heterocycles. The summed E-state index contributed by atoms with van der Waals surface area (Å²) in [6.45, 7) is 5.42. The Kier molecular flexibility index (Phi) is 5.85. The Morgan fingerprint density at radius 1 is 1.19 bits per heavy atom. The highest BCUT2D eigenvalue weighted by molar-refractivity contribution is 9.09. The highest BCUT2D eigenvalue weighted by Gasteiger charge is 2.32. The second-order valence-corrected chi connectivity index (χ2v) is 8.16. The molecule has 8 heteroatoms. The average Bonchev–Trinajstić information content (AvgIpc) is 2.24. The van der Waals surface area contributed by atoms with Crippen LogP contribution in [0.4, 0.5) is 13.2 Å². The van der Waals surface area contributed by atoms with Crippen molar-refractivity contribution < 1.29 is 21.6 Å². The van der Waals surface area contributed by atoms with Gasteiger partial charge in [0.15, 0.2) is 4.90 Å². The van der Waals surface area contributed by atoms with Crippen LogP contribution in [0.25, 0.3) is 0 Å². The van der Waals surface area contributed by atoms with E-state index in [1.807, 2.05) is 0 Å². The number of benzene rings is 1. The monoisotopic (exact) mass is 387 g/mol. The molecule has 1 unspecified atom stereocenters. The quantitative estimate of drug-likeness (QED) is 0.784. The lowest BCUT2D eigenvalue weighted by molar-refractivity contribution is 0.293. The van der Waals surface area contributed by atoms with E-state index >= 15 is 0 Å². The fourth-order valence-electron chi connectivity index (χ4n) is 1.81. The maximum absolute atomic E-state index is 13.6. The summed E-state index contributed by atoms with van der Waals surface area (Å²) in [5.41, 5.74) is -0.451. The van der Waals surface area contributed by atoms with Gasteiger partial charge in [0.2, 0.25) is 10.0 Å². The molecule has 0 heterocycles. The fraction of sp³-hybridized carbons (Fsp3) is 0.538. The van der Waals surface area contributed by atoms with Crippen LogP contribution in [0.3, 0.4) is 0 Å². The summed E-state index contributed by atoms with van der Waals surface area (Å²) in [6, 6.07) is 0.147. The van der Waals surface area contributed by atoms with Crippen molar-refractivity contribution >= 4 is 26.0 Å². The first-order valence-electron chi connectivity index (χ1n) is 6.22. The minimum absolute atomic E-state index is 0.341. The molecule has 0 spiro atoms. The third kappa shape index (κ3) is 4.69. The lowest BCUT2D eigenvalue weighted by atomic mass is 9.86. The Morgan fingerprint density at radius 3 is 2.05 bits per heavy atom. The Balaban J connectivity index is 3.23. The van der Waals surface area contributed by atoms with Crippen molar-refractivity contribution in [1.29, 1.82) is 0 Å². The highest BCUT2D eigenvalue weighted by Crippen LogP contribution is 2.26. The molecule has 1 rings (SSSR count). The van der Waals surface area contributed by atoms with Crippen LogP contribution < -0.4 is 4.72 Å². The van der Waals surface area contributed by atoms with Crippen LogP contribution in [0.2, 0.25) is 0 Å². The lowest BCUT2D eigenvalue weighted by Crippen LogP contribution is -2.44. The van der Waals surface area contributed by atoms with E-state index in [2.05, 4.69) is 20.7 Å². The van der Waals surface area contributed by atoms with Gasteiger partial charge in [-0.15, -0.1) is 0 Å². The smallest absolute Gasteiger partial charge is 0.207 e. The first-order chi connectivity index (χ1) is 9.49. The molecule has 0 saturated carbocycles. The zero-order valence-corrected chi connectivity index (χ0v) is 14.3. The molecule has 1 atom stereocenters. The normalized spacial score (nSPS) is 14.2. The standard InChI is InChI=1S/C13H17BrF3NO2S/c1-13(2,3)11(4-5-14)18-21(19,20)12-9(16)6-8(15)7-10(12)17/h6-7,11,18H,4-5H2,1-3H3. The van der Waals surface area contributed by atoms with E-state index in [0.717, 1.165) is 0 Å². The van der Waals surface area contributed by atoms with Gasteiger partial charge in [0.1, 0.15) is 17.5 Å². The maximum Gasteiger partial charge on any atom is 0.246 e. The van der Waals surface area contributed by atoms with Crippen molar-refractivity contribution in [3.63, 3.8) is 0 Å². The summed E-state index contributed by atoms with van der Waals surface area (Å²) in [7, 11) is -4.43. The predicted octanol–water partition coefficient (Wildman–Crippen LogP) is 3.58. The molecular formula is C13H17BrF3NO2S. The number of halogens is 4. The van der Waals surface area contributed by atoms with Crippen LogP contribution in [0.15, 0.2) is 17.0 Å². The molecule has 0 aliphatic carbocycles. The molecular weight excluding hydrogens is 371 g/mol. The minimum atomic E-state index is -4.43. The molecule has 1 N–H and O–H groups in total. The van der Waals surface area contributed by atoms with E-state index < -0.39 is 43.8 Å². The van der Waals surface area contributed by atoms with Gasteiger partial charge in [0.05, 0.1) is 0 Å². The van der Waals surface area contributed by atoms with Gasteiger partial charge >= 0.3 is 0 Å². The number of sulfonamides is 1. The fourth-order valence-corrected chi connectivity index (χ4v) is 3.86. The number of nitrogens with one attached hydrogen (secondary N) is 1.